The maximum absolute atomic E-state index is 13.6. The van der Waals surface area contributed by atoms with Gasteiger partial charge < -0.3 is 9.80 Å². The molecule has 6 heterocycles. The van der Waals surface area contributed by atoms with Gasteiger partial charge >= 0.3 is 0 Å². The summed E-state index contributed by atoms with van der Waals surface area (Å²) in [5.74, 6) is -0.0782. The summed E-state index contributed by atoms with van der Waals surface area (Å²) >= 11 is 25.5. The zero-order valence-corrected chi connectivity index (χ0v) is 28.8. The van der Waals surface area contributed by atoms with Gasteiger partial charge in [-0.2, -0.15) is 10.9 Å². The Balaban J connectivity index is 1.28. The van der Waals surface area contributed by atoms with Crippen LogP contribution in [0.4, 0.5) is 0 Å². The van der Waals surface area contributed by atoms with E-state index in [0.29, 0.717) is 26.2 Å². The first-order valence-electron chi connectivity index (χ1n) is 12.3. The van der Waals surface area contributed by atoms with Gasteiger partial charge in [-0.05, 0) is 94.4 Å². The normalized spacial score (nSPS) is 23.4. The minimum absolute atomic E-state index is 0.0152. The minimum atomic E-state index is -1.07. The largest absolute Gasteiger partial charge is 0.333 e. The number of rotatable bonds is 5. The fourth-order valence-electron chi connectivity index (χ4n) is 5.39. The van der Waals surface area contributed by atoms with E-state index in [1.165, 1.54) is 27.9 Å². The molecule has 208 valence electrons. The van der Waals surface area contributed by atoms with Gasteiger partial charge in [-0.15, -0.1) is 34.0 Å². The van der Waals surface area contributed by atoms with E-state index in [0.717, 1.165) is 37.9 Å². The quantitative estimate of drug-likeness (QED) is 0.208. The molecule has 3 atom stereocenters. The molecule has 0 bridgehead atoms. The van der Waals surface area contributed by atoms with Gasteiger partial charge in [-0.1, -0.05) is 29.8 Å². The van der Waals surface area contributed by atoms with Crippen LogP contribution < -0.4 is 0 Å². The third kappa shape index (κ3) is 5.39. The van der Waals surface area contributed by atoms with E-state index in [4.69, 9.17) is 23.2 Å². The second kappa shape index (κ2) is 11.9. The maximum Gasteiger partial charge on any atom is 0.247 e. The molecule has 0 saturated heterocycles. The van der Waals surface area contributed by atoms with Crippen LogP contribution in [0.25, 0.3) is 0 Å². The minimum Gasteiger partial charge on any atom is -0.333 e. The summed E-state index contributed by atoms with van der Waals surface area (Å²) in [6, 6.07) is 6.12. The molecule has 4 nitrogen and oxygen atoms in total. The summed E-state index contributed by atoms with van der Waals surface area (Å²) in [7, 11) is -1.07. The van der Waals surface area contributed by atoms with Crippen LogP contribution in [-0.4, -0.2) is 41.2 Å². The molecule has 3 aromatic rings. The Morgan fingerprint density at radius 1 is 1.00 bits per heavy atom. The number of allylic oxidation sites excluding steroid dienone is 1. The standard InChI is InChI=1S/C28H22Br2Cl2N2O2S4/c1-2-25(35)34-12-18(28-20(30)4-7-38-28)16-10-24(32)40(22(16)14-34)8-5-26(36)33-11-17(27-19(29)3-6-37-27)15-9-23(31)39-21(15)13-33/h2-10,17-18,40H,1,11-14H2/b8-5+/t17-,18+/m0/s1. The van der Waals surface area contributed by atoms with E-state index in [1.807, 2.05) is 38.8 Å². The average Bonchev–Trinajstić information content (AvgIpc) is 3.71. The van der Waals surface area contributed by atoms with Crippen molar-refractivity contribution in [2.75, 3.05) is 19.6 Å². The topological polar surface area (TPSA) is 40.6 Å². The van der Waals surface area contributed by atoms with Gasteiger partial charge in [0.2, 0.25) is 11.8 Å². The second-order valence-corrected chi connectivity index (χ2v) is 17.6. The third-order valence-corrected chi connectivity index (χ3v) is 15.2. The summed E-state index contributed by atoms with van der Waals surface area (Å²) < 4.78 is 3.54. The molecule has 0 aliphatic carbocycles. The Bertz CT molecular complexity index is 1620. The van der Waals surface area contributed by atoms with E-state index in [2.05, 4.69) is 49.9 Å². The highest BCUT2D eigenvalue weighted by atomic mass is 79.9. The number of hydrogen-bond donors (Lipinski definition) is 1. The molecule has 0 radical (unpaired) electrons. The molecule has 0 aromatic carbocycles. The molecule has 3 aliphatic rings. The molecule has 0 N–H and O–H groups in total. The van der Waals surface area contributed by atoms with Crippen LogP contribution in [0, 0.1) is 0 Å². The lowest BCUT2D eigenvalue weighted by molar-refractivity contribution is -0.127. The fourth-order valence-corrected chi connectivity index (χ4v) is 12.8. The molecule has 0 fully saturated rings. The molecule has 2 amide bonds. The number of thiol groups is 1. The second-order valence-electron chi connectivity index (χ2n) is 9.50. The summed E-state index contributed by atoms with van der Waals surface area (Å²) in [5.41, 5.74) is 2.36. The van der Waals surface area contributed by atoms with E-state index >= 15 is 0 Å². The van der Waals surface area contributed by atoms with Crippen molar-refractivity contribution in [2.24, 2.45) is 0 Å². The fraction of sp³-hybridized carbons (Fsp3) is 0.214. The number of carbonyl (C=O) groups excluding carboxylic acids is 2. The number of halogens is 4. The monoisotopic (exact) mass is 774 g/mol. The SMILES string of the molecule is C=CC(=O)N1CC2=C(C=C(Cl)[SH]2/C=C/C(=O)N2Cc3sc(Cl)cc3[C@@H](c3sccc3Br)C2)[C@H](c2sccc2Br)C1. The molecule has 0 spiro atoms. The summed E-state index contributed by atoms with van der Waals surface area (Å²) in [4.78, 5) is 34.6. The van der Waals surface area contributed by atoms with E-state index in [1.54, 1.807) is 28.7 Å². The van der Waals surface area contributed by atoms with E-state index in [-0.39, 0.29) is 23.7 Å². The average molecular weight is 777 g/mol. The predicted molar refractivity (Wildman–Crippen MR) is 179 cm³/mol. The van der Waals surface area contributed by atoms with E-state index < -0.39 is 10.9 Å². The van der Waals surface area contributed by atoms with Gasteiger partial charge in [-0.25, -0.2) is 0 Å². The number of fused-ring (bicyclic) bond motifs is 1. The summed E-state index contributed by atoms with van der Waals surface area (Å²) in [6.45, 7) is 5.85. The van der Waals surface area contributed by atoms with Crippen LogP contribution >= 0.6 is 100.0 Å². The van der Waals surface area contributed by atoms with Crippen molar-refractivity contribution in [1.82, 2.24) is 9.80 Å². The third-order valence-electron chi connectivity index (χ3n) is 7.26. The van der Waals surface area contributed by atoms with Crippen molar-refractivity contribution < 1.29 is 9.59 Å². The van der Waals surface area contributed by atoms with Crippen molar-refractivity contribution in [2.45, 2.75) is 18.4 Å². The lowest BCUT2D eigenvalue weighted by Gasteiger charge is -2.35. The summed E-state index contributed by atoms with van der Waals surface area (Å²) in [6.07, 6.45) is 5.08. The number of nitrogens with zero attached hydrogens (tertiary/aromatic N) is 2. The molecule has 3 aliphatic heterocycles. The highest BCUT2D eigenvalue weighted by molar-refractivity contribution is 9.10. The number of thiophene rings is 3. The van der Waals surface area contributed by atoms with Crippen molar-refractivity contribution >= 4 is 112 Å². The van der Waals surface area contributed by atoms with Crippen LogP contribution in [0.1, 0.15) is 32.0 Å². The first-order chi connectivity index (χ1) is 19.2. The molecular formula is C28H22Br2Cl2N2O2S4. The Morgan fingerprint density at radius 3 is 2.30 bits per heavy atom. The van der Waals surface area contributed by atoms with Gasteiger partial charge in [0, 0.05) is 54.6 Å². The van der Waals surface area contributed by atoms with Crippen LogP contribution in [0.15, 0.2) is 83.0 Å². The lowest BCUT2D eigenvalue weighted by atomic mass is 9.93. The van der Waals surface area contributed by atoms with Gasteiger partial charge in [-0.3, -0.25) is 9.59 Å². The summed E-state index contributed by atoms with van der Waals surface area (Å²) in [5, 5.41) is 6.05. The van der Waals surface area contributed by atoms with E-state index in [9.17, 15) is 9.59 Å². The van der Waals surface area contributed by atoms with Crippen molar-refractivity contribution in [1.29, 1.82) is 0 Å². The molecule has 3 aromatic heterocycles. The smallest absolute Gasteiger partial charge is 0.247 e. The molecule has 1 unspecified atom stereocenters. The van der Waals surface area contributed by atoms with Crippen molar-refractivity contribution in [3.05, 3.63) is 107 Å². The highest BCUT2D eigenvalue weighted by Crippen LogP contribution is 2.58. The van der Waals surface area contributed by atoms with Gasteiger partial charge in [0.15, 0.2) is 0 Å². The molecular weight excluding hydrogens is 755 g/mol. The van der Waals surface area contributed by atoms with Gasteiger partial charge in [0.1, 0.15) is 0 Å². The molecule has 40 heavy (non-hydrogen) atoms. The Morgan fingerprint density at radius 2 is 1.65 bits per heavy atom. The number of amides is 2. The van der Waals surface area contributed by atoms with Crippen LogP contribution in [0.3, 0.4) is 0 Å². The molecule has 6 rings (SSSR count). The van der Waals surface area contributed by atoms with Crippen molar-refractivity contribution in [3.8, 4) is 0 Å². The Kier molecular flexibility index (Phi) is 8.61. The Labute approximate surface area is 274 Å². The van der Waals surface area contributed by atoms with Crippen LogP contribution in [-0.2, 0) is 16.1 Å². The van der Waals surface area contributed by atoms with Crippen LogP contribution in [0.2, 0.25) is 4.34 Å². The first-order valence-corrected chi connectivity index (χ1v) is 18.6. The lowest BCUT2D eigenvalue weighted by Crippen LogP contribution is -2.38. The Hall–Kier alpha value is -1.11. The first kappa shape index (κ1) is 29.0. The zero-order valence-electron chi connectivity index (χ0n) is 20.8. The van der Waals surface area contributed by atoms with Crippen molar-refractivity contribution in [3.63, 3.8) is 0 Å². The van der Waals surface area contributed by atoms with Crippen LogP contribution in [0.5, 0.6) is 0 Å². The molecule has 12 heteroatoms. The number of carbonyl (C=O) groups is 2. The zero-order chi connectivity index (χ0) is 28.1. The predicted octanol–water partition coefficient (Wildman–Crippen LogP) is 9.20. The van der Waals surface area contributed by atoms with Gasteiger partial charge in [0.05, 0.1) is 21.8 Å². The highest BCUT2D eigenvalue weighted by Gasteiger charge is 2.37. The maximum atomic E-state index is 13.6. The number of hydrogen-bond acceptors (Lipinski definition) is 5. The van der Waals surface area contributed by atoms with Gasteiger partial charge in [0.25, 0.3) is 0 Å². The molecule has 0 saturated carbocycles.